The number of methoxy groups -OCH3 is 1. The summed E-state index contributed by atoms with van der Waals surface area (Å²) in [7, 11) is 1.60. The Morgan fingerprint density at radius 1 is 1.13 bits per heavy atom. The van der Waals surface area contributed by atoms with E-state index in [0.717, 1.165) is 30.6 Å². The van der Waals surface area contributed by atoms with Crippen molar-refractivity contribution in [2.75, 3.05) is 13.7 Å². The van der Waals surface area contributed by atoms with Crippen LogP contribution in [0.2, 0.25) is 0 Å². The van der Waals surface area contributed by atoms with Gasteiger partial charge in [-0.15, -0.1) is 0 Å². The second kappa shape index (κ2) is 8.51. The molecule has 1 aromatic rings. The van der Waals surface area contributed by atoms with E-state index >= 15 is 0 Å². The van der Waals surface area contributed by atoms with Crippen molar-refractivity contribution in [2.24, 2.45) is 0 Å². The summed E-state index contributed by atoms with van der Waals surface area (Å²) >= 11 is 0. The largest absolute Gasteiger partial charge is 0.497 e. The van der Waals surface area contributed by atoms with Crippen LogP contribution in [0, 0.1) is 0 Å². The van der Waals surface area contributed by atoms with Crippen molar-refractivity contribution in [3.63, 3.8) is 0 Å². The maximum absolute atomic E-state index is 12.4. The molecule has 0 bridgehead atoms. The van der Waals surface area contributed by atoms with Crippen LogP contribution in [0.4, 0.5) is 0 Å². The highest BCUT2D eigenvalue weighted by molar-refractivity contribution is 6.24. The van der Waals surface area contributed by atoms with Gasteiger partial charge in [0.1, 0.15) is 17.9 Å². The van der Waals surface area contributed by atoms with Gasteiger partial charge >= 0.3 is 5.97 Å². The van der Waals surface area contributed by atoms with E-state index in [1.54, 1.807) is 7.11 Å². The van der Waals surface area contributed by atoms with Crippen LogP contribution < -0.4 is 4.74 Å². The van der Waals surface area contributed by atoms with Crippen molar-refractivity contribution in [1.29, 1.82) is 0 Å². The van der Waals surface area contributed by atoms with Gasteiger partial charge in [-0.3, -0.25) is 4.79 Å². The number of carbonyl (C=O) groups excluding carboxylic acids is 2. The molecule has 4 nitrogen and oxygen atoms in total. The fourth-order valence-electron chi connectivity index (χ4n) is 2.72. The van der Waals surface area contributed by atoms with Crippen molar-refractivity contribution in [2.45, 2.75) is 45.4 Å². The van der Waals surface area contributed by atoms with Gasteiger partial charge in [0, 0.05) is 12.0 Å². The van der Waals surface area contributed by atoms with Crippen LogP contribution in [0.5, 0.6) is 5.75 Å². The molecule has 0 aromatic heterocycles. The molecule has 124 valence electrons. The summed E-state index contributed by atoms with van der Waals surface area (Å²) in [6.07, 6.45) is 5.76. The number of rotatable bonds is 9. The molecule has 1 aliphatic heterocycles. The summed E-state index contributed by atoms with van der Waals surface area (Å²) in [6, 6.07) is 7.34. The Kier molecular flexibility index (Phi) is 6.39. The van der Waals surface area contributed by atoms with Crippen molar-refractivity contribution in [3.8, 4) is 5.75 Å². The van der Waals surface area contributed by atoms with Crippen LogP contribution >= 0.6 is 0 Å². The smallest absolute Gasteiger partial charge is 0.342 e. The number of hydrogen-bond acceptors (Lipinski definition) is 4. The molecule has 0 aliphatic carbocycles. The van der Waals surface area contributed by atoms with Crippen LogP contribution in [0.15, 0.2) is 29.8 Å². The average molecular weight is 316 g/mol. The molecule has 1 aromatic carbocycles. The molecule has 0 amide bonds. The summed E-state index contributed by atoms with van der Waals surface area (Å²) in [6.45, 7) is 2.33. The van der Waals surface area contributed by atoms with Crippen molar-refractivity contribution >= 4 is 17.3 Å². The number of ether oxygens (including phenoxy) is 2. The Bertz CT molecular complexity index is 584. The number of Topliss-reactive ketones (excluding diaryl/α,β-unsaturated/α-hetero) is 1. The minimum Gasteiger partial charge on any atom is -0.497 e. The number of benzene rings is 1. The van der Waals surface area contributed by atoms with E-state index in [2.05, 4.69) is 6.92 Å². The third kappa shape index (κ3) is 4.44. The van der Waals surface area contributed by atoms with Crippen molar-refractivity contribution < 1.29 is 19.1 Å². The zero-order valence-electron chi connectivity index (χ0n) is 13.9. The minimum absolute atomic E-state index is 0.102. The Labute approximate surface area is 137 Å². The lowest BCUT2D eigenvalue weighted by atomic mass is 9.96. The van der Waals surface area contributed by atoms with Gasteiger partial charge in [0.15, 0.2) is 5.78 Å². The molecule has 0 unspecified atom stereocenters. The molecule has 1 heterocycles. The van der Waals surface area contributed by atoms with Gasteiger partial charge in [-0.1, -0.05) is 44.7 Å². The van der Waals surface area contributed by atoms with Crippen molar-refractivity contribution in [1.82, 2.24) is 0 Å². The summed E-state index contributed by atoms with van der Waals surface area (Å²) in [5.41, 5.74) is 1.76. The van der Waals surface area contributed by atoms with E-state index in [-0.39, 0.29) is 18.0 Å². The first-order valence-corrected chi connectivity index (χ1v) is 8.25. The number of ketones is 1. The van der Waals surface area contributed by atoms with Gasteiger partial charge in [-0.05, 0) is 24.1 Å². The molecule has 23 heavy (non-hydrogen) atoms. The minimum atomic E-state index is -0.491. The average Bonchev–Trinajstić information content (AvgIpc) is 2.96. The van der Waals surface area contributed by atoms with E-state index in [4.69, 9.17) is 9.47 Å². The van der Waals surface area contributed by atoms with E-state index in [9.17, 15) is 9.59 Å². The predicted molar refractivity (Wildman–Crippen MR) is 89.3 cm³/mol. The fourth-order valence-corrected chi connectivity index (χ4v) is 2.72. The zero-order chi connectivity index (χ0) is 16.7. The first kappa shape index (κ1) is 17.3. The summed E-state index contributed by atoms with van der Waals surface area (Å²) in [5, 5.41) is 0. The van der Waals surface area contributed by atoms with Crippen LogP contribution in [-0.2, 0) is 14.3 Å². The highest BCUT2D eigenvalue weighted by Gasteiger charge is 2.30. The molecular formula is C19H24O4. The number of carbonyl (C=O) groups is 2. The number of unbranched alkanes of at least 4 members (excludes halogenated alkanes) is 4. The molecule has 1 aliphatic rings. The molecule has 4 heteroatoms. The number of cyclic esters (lactones) is 1. The molecule has 0 fully saturated rings. The highest BCUT2D eigenvalue weighted by Crippen LogP contribution is 2.29. The van der Waals surface area contributed by atoms with Gasteiger partial charge in [-0.25, -0.2) is 4.79 Å². The highest BCUT2D eigenvalue weighted by atomic mass is 16.5. The lowest BCUT2D eigenvalue weighted by Gasteiger charge is -2.05. The van der Waals surface area contributed by atoms with E-state index in [1.807, 2.05) is 24.3 Å². The molecular weight excluding hydrogens is 292 g/mol. The van der Waals surface area contributed by atoms with Crippen molar-refractivity contribution in [3.05, 3.63) is 35.4 Å². The molecule has 0 spiro atoms. The van der Waals surface area contributed by atoms with E-state index in [0.29, 0.717) is 12.0 Å². The van der Waals surface area contributed by atoms with Gasteiger partial charge in [0.2, 0.25) is 0 Å². The maximum atomic E-state index is 12.4. The monoisotopic (exact) mass is 316 g/mol. The molecule has 0 saturated carbocycles. The van der Waals surface area contributed by atoms with E-state index < -0.39 is 5.97 Å². The zero-order valence-corrected chi connectivity index (χ0v) is 13.9. The van der Waals surface area contributed by atoms with E-state index in [1.165, 1.54) is 12.8 Å². The normalized spacial score (nSPS) is 14.1. The fraction of sp³-hybridized carbons (Fsp3) is 0.474. The van der Waals surface area contributed by atoms with Crippen LogP contribution in [0.3, 0.4) is 0 Å². The van der Waals surface area contributed by atoms with Gasteiger partial charge in [-0.2, -0.15) is 0 Å². The lowest BCUT2D eigenvalue weighted by Crippen LogP contribution is -2.10. The maximum Gasteiger partial charge on any atom is 0.342 e. The standard InChI is InChI=1S/C19H24O4/c1-3-4-5-6-7-8-17(20)18-16(13-23-19(18)21)14-9-11-15(22-2)12-10-14/h9-12H,3-8,13H2,1-2H3. The number of esters is 1. The molecule has 0 N–H and O–H groups in total. The second-order valence-corrected chi connectivity index (χ2v) is 5.75. The topological polar surface area (TPSA) is 52.6 Å². The summed E-state index contributed by atoms with van der Waals surface area (Å²) < 4.78 is 10.2. The van der Waals surface area contributed by atoms with Crippen LogP contribution in [0.1, 0.15) is 51.0 Å². The molecule has 0 radical (unpaired) electrons. The predicted octanol–water partition coefficient (Wildman–Crippen LogP) is 3.94. The Hall–Kier alpha value is -2.10. The second-order valence-electron chi connectivity index (χ2n) is 5.75. The number of hydrogen-bond donors (Lipinski definition) is 0. The molecule has 2 rings (SSSR count). The van der Waals surface area contributed by atoms with Gasteiger partial charge in [0.25, 0.3) is 0 Å². The third-order valence-electron chi connectivity index (χ3n) is 4.08. The third-order valence-corrected chi connectivity index (χ3v) is 4.08. The lowest BCUT2D eigenvalue weighted by molar-refractivity contribution is -0.137. The molecule has 0 saturated heterocycles. The Balaban J connectivity index is 2.08. The SMILES string of the molecule is CCCCCCCC(=O)C1=C(c2ccc(OC)cc2)COC1=O. The first-order valence-electron chi connectivity index (χ1n) is 8.25. The Morgan fingerprint density at radius 3 is 2.48 bits per heavy atom. The van der Waals surface area contributed by atoms with Gasteiger partial charge in [0.05, 0.1) is 7.11 Å². The quantitative estimate of drug-likeness (QED) is 0.393. The van der Waals surface area contributed by atoms with Crippen LogP contribution in [-0.4, -0.2) is 25.5 Å². The first-order chi connectivity index (χ1) is 11.2. The summed E-state index contributed by atoms with van der Waals surface area (Å²) in [5.74, 6) is 0.146. The molecule has 0 atom stereocenters. The van der Waals surface area contributed by atoms with Gasteiger partial charge < -0.3 is 9.47 Å². The Morgan fingerprint density at radius 2 is 1.83 bits per heavy atom. The summed E-state index contributed by atoms with van der Waals surface area (Å²) in [4.78, 5) is 24.3. The van der Waals surface area contributed by atoms with Crippen LogP contribution in [0.25, 0.3) is 5.57 Å².